The van der Waals surface area contributed by atoms with Gasteiger partial charge in [0, 0.05) is 31.6 Å². The van der Waals surface area contributed by atoms with Gasteiger partial charge in [0.15, 0.2) is 0 Å². The highest BCUT2D eigenvalue weighted by Gasteiger charge is 2.52. The summed E-state index contributed by atoms with van der Waals surface area (Å²) in [5.74, 6) is -2.73. The van der Waals surface area contributed by atoms with Crippen molar-refractivity contribution in [2.75, 3.05) is 39.3 Å². The van der Waals surface area contributed by atoms with E-state index in [2.05, 4.69) is 0 Å². The van der Waals surface area contributed by atoms with E-state index in [9.17, 15) is 18.4 Å². The summed E-state index contributed by atoms with van der Waals surface area (Å²) in [4.78, 5) is 28.7. The summed E-state index contributed by atoms with van der Waals surface area (Å²) in [6, 6.07) is -0.291. The van der Waals surface area contributed by atoms with Crippen LogP contribution in [-0.4, -0.2) is 77.6 Å². The molecule has 136 valence electrons. The Kier molecular flexibility index (Phi) is 3.92. The molecule has 3 rings (SSSR count). The smallest absolute Gasteiger partial charge is 0.410 e. The van der Waals surface area contributed by atoms with Gasteiger partial charge in [-0.05, 0) is 33.6 Å². The second-order valence-corrected chi connectivity index (χ2v) is 8.32. The molecule has 0 aromatic carbocycles. The minimum atomic E-state index is -2.73. The van der Waals surface area contributed by atoms with Crippen molar-refractivity contribution >= 4 is 12.1 Å². The summed E-state index contributed by atoms with van der Waals surface area (Å²) >= 11 is 0. The number of rotatable bonds is 0. The van der Waals surface area contributed by atoms with Gasteiger partial charge in [-0.2, -0.15) is 0 Å². The molecule has 3 aliphatic rings. The minimum Gasteiger partial charge on any atom is -0.444 e. The number of nitrogens with zero attached hydrogens (tertiary/aromatic N) is 3. The van der Waals surface area contributed by atoms with E-state index >= 15 is 0 Å². The number of ether oxygens (including phenoxy) is 1. The first kappa shape index (κ1) is 17.2. The molecule has 8 heteroatoms. The lowest BCUT2D eigenvalue weighted by molar-refractivity contribution is -0.122. The van der Waals surface area contributed by atoms with Crippen LogP contribution >= 0.6 is 0 Å². The summed E-state index contributed by atoms with van der Waals surface area (Å²) in [6.45, 7) is 6.98. The number of hydrogen-bond donors (Lipinski definition) is 0. The van der Waals surface area contributed by atoms with Gasteiger partial charge < -0.3 is 19.4 Å². The molecule has 0 atom stereocenters. The first-order valence-corrected chi connectivity index (χ1v) is 8.38. The van der Waals surface area contributed by atoms with Crippen molar-refractivity contribution in [3.05, 3.63) is 0 Å². The molecule has 0 aromatic heterocycles. The summed E-state index contributed by atoms with van der Waals surface area (Å²) in [5, 5.41) is 0. The van der Waals surface area contributed by atoms with Crippen LogP contribution in [0.25, 0.3) is 0 Å². The number of hydrogen-bond acceptors (Lipinski definition) is 3. The largest absolute Gasteiger partial charge is 0.444 e. The first-order valence-electron chi connectivity index (χ1n) is 8.38. The fraction of sp³-hybridized carbons (Fsp3) is 0.875. The highest BCUT2D eigenvalue weighted by molar-refractivity contribution is 5.76. The molecule has 3 aliphatic heterocycles. The lowest BCUT2D eigenvalue weighted by atomic mass is 9.72. The Balaban J connectivity index is 1.43. The van der Waals surface area contributed by atoms with Crippen molar-refractivity contribution < 1.29 is 23.1 Å². The zero-order valence-electron chi connectivity index (χ0n) is 14.5. The Morgan fingerprint density at radius 1 is 0.917 bits per heavy atom. The van der Waals surface area contributed by atoms with E-state index in [4.69, 9.17) is 4.74 Å². The molecule has 24 heavy (non-hydrogen) atoms. The third-order valence-corrected chi connectivity index (χ3v) is 4.91. The summed E-state index contributed by atoms with van der Waals surface area (Å²) in [6.07, 6.45) is 1.32. The third kappa shape index (κ3) is 3.42. The Bertz CT molecular complexity index is 523. The quantitative estimate of drug-likeness (QED) is 0.677. The molecule has 0 aliphatic carbocycles. The Hall–Kier alpha value is -1.60. The zero-order valence-corrected chi connectivity index (χ0v) is 14.5. The highest BCUT2D eigenvalue weighted by Crippen LogP contribution is 2.42. The van der Waals surface area contributed by atoms with Gasteiger partial charge >= 0.3 is 12.1 Å². The van der Waals surface area contributed by atoms with Gasteiger partial charge in [0.2, 0.25) is 0 Å². The van der Waals surface area contributed by atoms with Gasteiger partial charge in [0.05, 0.1) is 13.1 Å². The predicted molar refractivity (Wildman–Crippen MR) is 83.0 cm³/mol. The second-order valence-electron chi connectivity index (χ2n) is 8.32. The predicted octanol–water partition coefficient (Wildman–Crippen LogP) is 2.39. The average molecular weight is 345 g/mol. The lowest BCUT2D eigenvalue weighted by Gasteiger charge is -2.55. The number of piperidine rings is 1. The fourth-order valence-corrected chi connectivity index (χ4v) is 3.55. The molecule has 0 saturated carbocycles. The van der Waals surface area contributed by atoms with Gasteiger partial charge in [-0.1, -0.05) is 0 Å². The van der Waals surface area contributed by atoms with Crippen LogP contribution in [0.1, 0.15) is 33.6 Å². The van der Waals surface area contributed by atoms with Crippen molar-refractivity contribution in [3.63, 3.8) is 0 Å². The molecule has 3 saturated heterocycles. The van der Waals surface area contributed by atoms with E-state index < -0.39 is 24.6 Å². The molecule has 0 bridgehead atoms. The van der Waals surface area contributed by atoms with E-state index in [1.54, 1.807) is 9.80 Å². The van der Waals surface area contributed by atoms with E-state index in [0.29, 0.717) is 26.2 Å². The van der Waals surface area contributed by atoms with Crippen molar-refractivity contribution in [1.82, 2.24) is 14.7 Å². The van der Waals surface area contributed by atoms with Crippen LogP contribution in [0.15, 0.2) is 0 Å². The molecular formula is C16H25F2N3O3. The Labute approximate surface area is 140 Å². The minimum absolute atomic E-state index is 0.0293. The van der Waals surface area contributed by atoms with Crippen LogP contribution in [0.5, 0.6) is 0 Å². The molecule has 0 radical (unpaired) electrons. The van der Waals surface area contributed by atoms with E-state index in [-0.39, 0.29) is 17.5 Å². The summed E-state index contributed by atoms with van der Waals surface area (Å²) in [7, 11) is 0. The van der Waals surface area contributed by atoms with Crippen molar-refractivity contribution in [2.24, 2.45) is 5.41 Å². The zero-order chi connectivity index (χ0) is 17.8. The van der Waals surface area contributed by atoms with E-state index in [1.807, 2.05) is 20.8 Å². The number of urea groups is 1. The standard InChI is InChI=1S/C16H25F2N3O3/c1-14(2,3)24-13(23)19-6-4-15(5-7-19)8-20(9-15)12(22)21-10-16(17,18)11-21/h4-11H2,1-3H3. The Morgan fingerprint density at radius 3 is 1.88 bits per heavy atom. The van der Waals surface area contributed by atoms with Gasteiger partial charge in [-0.3, -0.25) is 0 Å². The maximum absolute atomic E-state index is 12.9. The summed E-state index contributed by atoms with van der Waals surface area (Å²) in [5.41, 5.74) is -0.479. The molecule has 0 unspecified atom stereocenters. The maximum Gasteiger partial charge on any atom is 0.410 e. The SMILES string of the molecule is CC(C)(C)OC(=O)N1CCC2(CC1)CN(C(=O)N1CC(F)(F)C1)C2. The molecule has 3 fully saturated rings. The number of likely N-dealkylation sites (tertiary alicyclic amines) is 3. The van der Waals surface area contributed by atoms with Gasteiger partial charge in [-0.25, -0.2) is 18.4 Å². The first-order chi connectivity index (χ1) is 11.0. The van der Waals surface area contributed by atoms with E-state index in [0.717, 1.165) is 12.8 Å². The molecule has 0 N–H and O–H groups in total. The van der Waals surface area contributed by atoms with Crippen molar-refractivity contribution in [3.8, 4) is 0 Å². The topological polar surface area (TPSA) is 53.1 Å². The average Bonchev–Trinajstić information content (AvgIpc) is 2.39. The third-order valence-electron chi connectivity index (χ3n) is 4.91. The summed E-state index contributed by atoms with van der Waals surface area (Å²) < 4.78 is 31.1. The molecule has 1 spiro atoms. The van der Waals surface area contributed by atoms with Crippen LogP contribution in [0.4, 0.5) is 18.4 Å². The number of halogens is 2. The molecule has 0 aromatic rings. The second kappa shape index (κ2) is 5.46. The highest BCUT2D eigenvalue weighted by atomic mass is 19.3. The number of carbonyl (C=O) groups excluding carboxylic acids is 2. The molecular weight excluding hydrogens is 320 g/mol. The molecule has 3 amide bonds. The lowest BCUT2D eigenvalue weighted by Crippen LogP contribution is -2.68. The van der Waals surface area contributed by atoms with Crippen LogP contribution < -0.4 is 0 Å². The van der Waals surface area contributed by atoms with Crippen LogP contribution in [-0.2, 0) is 4.74 Å². The molecule has 3 heterocycles. The van der Waals surface area contributed by atoms with Gasteiger partial charge in [0.1, 0.15) is 5.60 Å². The van der Waals surface area contributed by atoms with Crippen LogP contribution in [0, 0.1) is 5.41 Å². The Morgan fingerprint density at radius 2 is 1.42 bits per heavy atom. The van der Waals surface area contributed by atoms with Crippen molar-refractivity contribution in [1.29, 1.82) is 0 Å². The van der Waals surface area contributed by atoms with Gasteiger partial charge in [0.25, 0.3) is 5.92 Å². The van der Waals surface area contributed by atoms with Crippen LogP contribution in [0.2, 0.25) is 0 Å². The maximum atomic E-state index is 12.9. The van der Waals surface area contributed by atoms with E-state index in [1.165, 1.54) is 4.90 Å². The number of alkyl halides is 2. The van der Waals surface area contributed by atoms with Gasteiger partial charge in [-0.15, -0.1) is 0 Å². The normalized spacial score (nSPS) is 25.1. The number of carbonyl (C=O) groups is 2. The van der Waals surface area contributed by atoms with Crippen LogP contribution in [0.3, 0.4) is 0 Å². The fourth-order valence-electron chi connectivity index (χ4n) is 3.55. The number of amides is 3. The molecule has 6 nitrogen and oxygen atoms in total. The monoisotopic (exact) mass is 345 g/mol. The van der Waals surface area contributed by atoms with Crippen molar-refractivity contribution in [2.45, 2.75) is 45.1 Å².